The van der Waals surface area contributed by atoms with Gasteiger partial charge in [-0.2, -0.15) is 5.10 Å². The van der Waals surface area contributed by atoms with Crippen molar-refractivity contribution in [1.82, 2.24) is 14.7 Å². The van der Waals surface area contributed by atoms with Crippen molar-refractivity contribution in [3.8, 4) is 5.69 Å². The number of hydrogen-bond acceptors (Lipinski definition) is 5. The van der Waals surface area contributed by atoms with Gasteiger partial charge in [0.15, 0.2) is 5.69 Å². The summed E-state index contributed by atoms with van der Waals surface area (Å²) in [5, 5.41) is 7.31. The largest absolute Gasteiger partial charge is 0.461 e. The quantitative estimate of drug-likeness (QED) is 0.742. The second-order valence-corrected chi connectivity index (χ2v) is 6.95. The van der Waals surface area contributed by atoms with Crippen LogP contribution in [-0.2, 0) is 9.53 Å². The zero-order valence-corrected chi connectivity index (χ0v) is 16.6. The van der Waals surface area contributed by atoms with Gasteiger partial charge in [0.05, 0.1) is 18.3 Å². The van der Waals surface area contributed by atoms with Crippen LogP contribution in [0.15, 0.2) is 36.5 Å². The third kappa shape index (κ3) is 4.78. The number of carbonyl (C=O) groups is 2. The van der Waals surface area contributed by atoms with Gasteiger partial charge in [0, 0.05) is 11.9 Å². The summed E-state index contributed by atoms with van der Waals surface area (Å²) in [7, 11) is 0. The average Bonchev–Trinajstić information content (AvgIpc) is 3.19. The molecule has 1 unspecified atom stereocenters. The summed E-state index contributed by atoms with van der Waals surface area (Å²) in [6, 6.07) is 9.01. The second kappa shape index (κ2) is 9.50. The monoisotopic (exact) mass is 384 g/mol. The van der Waals surface area contributed by atoms with Crippen molar-refractivity contribution in [3.63, 3.8) is 0 Å². The first-order valence-corrected chi connectivity index (χ1v) is 10.0. The third-order valence-electron chi connectivity index (χ3n) is 4.88. The number of esters is 1. The first-order valence-electron chi connectivity index (χ1n) is 10.0. The first-order chi connectivity index (χ1) is 13.6. The van der Waals surface area contributed by atoms with Crippen molar-refractivity contribution in [3.05, 3.63) is 42.2 Å². The Morgan fingerprint density at radius 3 is 2.89 bits per heavy atom. The van der Waals surface area contributed by atoms with Gasteiger partial charge < -0.3 is 10.1 Å². The number of carbonyl (C=O) groups excluding carboxylic acids is 2. The van der Waals surface area contributed by atoms with Gasteiger partial charge in [0.1, 0.15) is 0 Å². The molecule has 1 aromatic carbocycles. The minimum atomic E-state index is -0.445. The van der Waals surface area contributed by atoms with Gasteiger partial charge >= 0.3 is 5.97 Å². The number of likely N-dealkylation sites (tertiary alicyclic amines) is 1. The fraction of sp³-hybridized carbons (Fsp3) is 0.476. The summed E-state index contributed by atoms with van der Waals surface area (Å²) >= 11 is 0. The second-order valence-electron chi connectivity index (χ2n) is 6.95. The zero-order chi connectivity index (χ0) is 19.9. The highest BCUT2D eigenvalue weighted by Crippen LogP contribution is 2.20. The molecule has 0 saturated carbocycles. The molecule has 3 rings (SSSR count). The molecule has 1 fully saturated rings. The van der Waals surface area contributed by atoms with Crippen molar-refractivity contribution < 1.29 is 14.3 Å². The normalized spacial score (nSPS) is 17.3. The Labute approximate surface area is 165 Å². The summed E-state index contributed by atoms with van der Waals surface area (Å²) < 4.78 is 6.58. The van der Waals surface area contributed by atoms with Crippen LogP contribution in [0.3, 0.4) is 0 Å². The topological polar surface area (TPSA) is 76.5 Å². The average molecular weight is 384 g/mol. The Morgan fingerprint density at radius 2 is 2.11 bits per heavy atom. The minimum absolute atomic E-state index is 0.0398. The molecule has 1 atom stereocenters. The molecule has 7 heteroatoms. The molecule has 150 valence electrons. The molecule has 1 aliphatic rings. The van der Waals surface area contributed by atoms with Crippen LogP contribution < -0.4 is 5.32 Å². The van der Waals surface area contributed by atoms with Crippen molar-refractivity contribution in [2.75, 3.05) is 25.0 Å². The molecule has 1 aliphatic heterocycles. The Bertz CT molecular complexity index is 815. The molecule has 1 N–H and O–H groups in total. The van der Waals surface area contributed by atoms with E-state index in [-0.39, 0.29) is 17.6 Å². The van der Waals surface area contributed by atoms with Crippen LogP contribution in [-0.4, -0.2) is 52.3 Å². The predicted molar refractivity (Wildman–Crippen MR) is 108 cm³/mol. The lowest BCUT2D eigenvalue weighted by atomic mass is 10.0. The van der Waals surface area contributed by atoms with Crippen LogP contribution in [0.25, 0.3) is 5.69 Å². The Morgan fingerprint density at radius 1 is 1.25 bits per heavy atom. The first kappa shape index (κ1) is 20.1. The molecule has 1 aromatic heterocycles. The van der Waals surface area contributed by atoms with E-state index in [9.17, 15) is 9.59 Å². The molecule has 0 aliphatic carbocycles. The van der Waals surface area contributed by atoms with Gasteiger partial charge in [0.2, 0.25) is 5.91 Å². The Balaban J connectivity index is 1.71. The van der Waals surface area contributed by atoms with Crippen molar-refractivity contribution in [1.29, 1.82) is 0 Å². The summed E-state index contributed by atoms with van der Waals surface area (Å²) in [4.78, 5) is 26.9. The lowest BCUT2D eigenvalue weighted by Crippen LogP contribution is -2.47. The fourth-order valence-corrected chi connectivity index (χ4v) is 3.58. The zero-order valence-electron chi connectivity index (χ0n) is 16.6. The van der Waals surface area contributed by atoms with E-state index in [0.717, 1.165) is 50.1 Å². The van der Waals surface area contributed by atoms with E-state index in [1.165, 1.54) is 0 Å². The van der Waals surface area contributed by atoms with E-state index in [1.54, 1.807) is 23.9 Å². The van der Waals surface area contributed by atoms with E-state index >= 15 is 0 Å². The maximum Gasteiger partial charge on any atom is 0.358 e. The maximum absolute atomic E-state index is 12.8. The van der Waals surface area contributed by atoms with Gasteiger partial charge in [-0.05, 0) is 63.5 Å². The fourth-order valence-electron chi connectivity index (χ4n) is 3.58. The maximum atomic E-state index is 12.8. The lowest BCUT2D eigenvalue weighted by Gasteiger charge is -2.34. The minimum Gasteiger partial charge on any atom is -0.461 e. The number of benzene rings is 1. The van der Waals surface area contributed by atoms with Crippen molar-refractivity contribution >= 4 is 17.6 Å². The summed E-state index contributed by atoms with van der Waals surface area (Å²) in [6.07, 6.45) is 5.88. The summed E-state index contributed by atoms with van der Waals surface area (Å²) in [5.41, 5.74) is 1.74. The number of anilines is 1. The number of nitrogens with one attached hydrogen (secondary N) is 1. The highest BCUT2D eigenvalue weighted by molar-refractivity contribution is 5.95. The number of aromatic nitrogens is 2. The summed E-state index contributed by atoms with van der Waals surface area (Å²) in [6.45, 7) is 6.14. The van der Waals surface area contributed by atoms with Gasteiger partial charge in [-0.25, -0.2) is 9.48 Å². The molecule has 1 amide bonds. The highest BCUT2D eigenvalue weighted by atomic mass is 16.5. The van der Waals surface area contributed by atoms with Crippen LogP contribution in [0.4, 0.5) is 5.69 Å². The number of nitrogens with zero attached hydrogens (tertiary/aromatic N) is 3. The van der Waals surface area contributed by atoms with Crippen LogP contribution in [0.2, 0.25) is 0 Å². The Hall–Kier alpha value is -2.67. The van der Waals surface area contributed by atoms with Gasteiger partial charge in [-0.1, -0.05) is 19.4 Å². The number of rotatable bonds is 7. The molecule has 1 saturated heterocycles. The van der Waals surface area contributed by atoms with Crippen LogP contribution >= 0.6 is 0 Å². The van der Waals surface area contributed by atoms with Crippen molar-refractivity contribution in [2.45, 2.75) is 45.6 Å². The number of ether oxygens (including phenoxy) is 1. The number of hydrogen-bond donors (Lipinski definition) is 1. The van der Waals surface area contributed by atoms with Gasteiger partial charge in [-0.15, -0.1) is 0 Å². The smallest absolute Gasteiger partial charge is 0.358 e. The molecular weight excluding hydrogens is 356 g/mol. The van der Waals surface area contributed by atoms with E-state index in [0.29, 0.717) is 6.61 Å². The predicted octanol–water partition coefficient (Wildman–Crippen LogP) is 3.25. The molecule has 0 spiro atoms. The standard InChI is InChI=1S/C21H28N4O3/c1-3-12-24-13-6-5-10-19(24)20(26)22-16-8-7-9-17(15-16)25-14-11-18(23-25)21(27)28-4-2/h7-9,11,14-15,19H,3-6,10,12-13H2,1-2H3,(H,22,26). The van der Waals surface area contributed by atoms with Crippen LogP contribution in [0, 0.1) is 0 Å². The molecule has 28 heavy (non-hydrogen) atoms. The lowest BCUT2D eigenvalue weighted by molar-refractivity contribution is -0.122. The van der Waals surface area contributed by atoms with Gasteiger partial charge in [0.25, 0.3) is 0 Å². The van der Waals surface area contributed by atoms with Crippen LogP contribution in [0.1, 0.15) is 50.0 Å². The highest BCUT2D eigenvalue weighted by Gasteiger charge is 2.28. The molecule has 2 aromatic rings. The summed E-state index contributed by atoms with van der Waals surface area (Å²) in [5.74, 6) is -0.406. The molecule has 2 heterocycles. The molecule has 0 radical (unpaired) electrons. The number of piperidine rings is 1. The van der Waals surface area contributed by atoms with Gasteiger partial charge in [-0.3, -0.25) is 9.69 Å². The SMILES string of the molecule is CCCN1CCCCC1C(=O)Nc1cccc(-n2ccc(C(=O)OCC)n2)c1. The third-order valence-corrected chi connectivity index (χ3v) is 4.88. The van der Waals surface area contributed by atoms with E-state index in [2.05, 4.69) is 22.2 Å². The molecule has 0 bridgehead atoms. The number of amides is 1. The molecule has 7 nitrogen and oxygen atoms in total. The van der Waals surface area contributed by atoms with Crippen LogP contribution in [0.5, 0.6) is 0 Å². The van der Waals surface area contributed by atoms with E-state index in [1.807, 2.05) is 24.3 Å². The molecular formula is C21H28N4O3. The van der Waals surface area contributed by atoms with E-state index in [4.69, 9.17) is 4.74 Å². The van der Waals surface area contributed by atoms with Crippen molar-refractivity contribution in [2.24, 2.45) is 0 Å². The van der Waals surface area contributed by atoms with E-state index < -0.39 is 5.97 Å². The Kier molecular flexibility index (Phi) is 6.81.